The van der Waals surface area contributed by atoms with Crippen LogP contribution >= 0.6 is 0 Å². The Morgan fingerprint density at radius 2 is 2.16 bits per heavy atom. The number of esters is 1. The summed E-state index contributed by atoms with van der Waals surface area (Å²) in [5, 5.41) is 3.18. The Bertz CT molecular complexity index is 423. The fraction of sp³-hybridized carbons (Fsp3) is 0.500. The maximum Gasteiger partial charge on any atom is 0.346 e. The highest BCUT2D eigenvalue weighted by atomic mass is 19.1. The van der Waals surface area contributed by atoms with E-state index in [9.17, 15) is 9.18 Å². The molecule has 0 bridgehead atoms. The number of hydrogen-bond donors (Lipinski definition) is 1. The smallest absolute Gasteiger partial charge is 0.346 e. The summed E-state index contributed by atoms with van der Waals surface area (Å²) in [7, 11) is 1.29. The highest BCUT2D eigenvalue weighted by molar-refractivity contribution is 5.74. The molecule has 0 heterocycles. The molecule has 0 radical (unpaired) electrons. The van der Waals surface area contributed by atoms with E-state index in [2.05, 4.69) is 17.0 Å². The van der Waals surface area contributed by atoms with Gasteiger partial charge in [-0.25, -0.2) is 9.18 Å². The van der Waals surface area contributed by atoms with Crippen molar-refractivity contribution >= 4 is 5.97 Å². The van der Waals surface area contributed by atoms with Gasteiger partial charge in [-0.05, 0) is 37.6 Å². The minimum atomic E-state index is -0.761. The van der Waals surface area contributed by atoms with Gasteiger partial charge in [-0.3, -0.25) is 0 Å². The lowest BCUT2D eigenvalue weighted by Gasteiger charge is -2.13. The number of halogens is 1. The quantitative estimate of drug-likeness (QED) is 0.609. The maximum atomic E-state index is 13.4. The van der Waals surface area contributed by atoms with Crippen molar-refractivity contribution in [1.29, 1.82) is 0 Å². The zero-order valence-electron chi connectivity index (χ0n) is 11.5. The van der Waals surface area contributed by atoms with E-state index >= 15 is 0 Å². The molecule has 1 atom stereocenters. The van der Waals surface area contributed by atoms with E-state index in [1.54, 1.807) is 13.0 Å². The lowest BCUT2D eigenvalue weighted by Crippen LogP contribution is -2.25. The SMILES string of the molecule is CCCNCc1cc(F)cc(OC(C)C(=O)OC)c1. The fourth-order valence-electron chi connectivity index (χ4n) is 1.62. The lowest BCUT2D eigenvalue weighted by atomic mass is 10.2. The summed E-state index contributed by atoms with van der Waals surface area (Å²) in [5.74, 6) is -0.552. The largest absolute Gasteiger partial charge is 0.479 e. The van der Waals surface area contributed by atoms with Crippen LogP contribution in [0.25, 0.3) is 0 Å². The van der Waals surface area contributed by atoms with Crippen LogP contribution in [-0.4, -0.2) is 25.7 Å². The van der Waals surface area contributed by atoms with Crippen LogP contribution in [0.1, 0.15) is 25.8 Å². The highest BCUT2D eigenvalue weighted by Crippen LogP contribution is 2.18. The van der Waals surface area contributed by atoms with Crippen molar-refractivity contribution in [3.8, 4) is 5.75 Å². The fourth-order valence-corrected chi connectivity index (χ4v) is 1.62. The molecule has 0 aliphatic heterocycles. The summed E-state index contributed by atoms with van der Waals surface area (Å²) < 4.78 is 23.4. The average molecular weight is 269 g/mol. The molecule has 0 aromatic heterocycles. The van der Waals surface area contributed by atoms with E-state index in [0.717, 1.165) is 18.5 Å². The lowest BCUT2D eigenvalue weighted by molar-refractivity contribution is -0.147. The number of rotatable bonds is 7. The van der Waals surface area contributed by atoms with E-state index in [1.165, 1.54) is 19.2 Å². The number of ether oxygens (including phenoxy) is 2. The van der Waals surface area contributed by atoms with Crippen LogP contribution in [-0.2, 0) is 16.1 Å². The maximum absolute atomic E-state index is 13.4. The molecule has 106 valence electrons. The number of nitrogens with one attached hydrogen (secondary N) is 1. The number of carbonyl (C=O) groups excluding carboxylic acids is 1. The molecule has 0 aliphatic carbocycles. The molecule has 1 N–H and O–H groups in total. The number of benzene rings is 1. The summed E-state index contributed by atoms with van der Waals surface area (Å²) in [4.78, 5) is 11.2. The predicted octanol–water partition coefficient (Wildman–Crippen LogP) is 2.27. The number of carbonyl (C=O) groups is 1. The third-order valence-electron chi connectivity index (χ3n) is 2.53. The van der Waals surface area contributed by atoms with Crippen molar-refractivity contribution in [3.63, 3.8) is 0 Å². The van der Waals surface area contributed by atoms with Crippen LogP contribution in [0.15, 0.2) is 18.2 Å². The third kappa shape index (κ3) is 5.26. The molecule has 1 unspecified atom stereocenters. The van der Waals surface area contributed by atoms with Gasteiger partial charge in [0, 0.05) is 12.6 Å². The molecule has 0 saturated carbocycles. The standard InChI is InChI=1S/C14H20FNO3/c1-4-5-16-9-11-6-12(15)8-13(7-11)19-10(2)14(17)18-3/h6-8,10,16H,4-5,9H2,1-3H3. The molecule has 19 heavy (non-hydrogen) atoms. The summed E-state index contributed by atoms with van der Waals surface area (Å²) in [6.07, 6.45) is 0.251. The molecule has 5 heteroatoms. The van der Waals surface area contributed by atoms with Crippen molar-refractivity contribution in [2.75, 3.05) is 13.7 Å². The second kappa shape index (κ2) is 7.74. The molecule has 1 aromatic rings. The monoisotopic (exact) mass is 269 g/mol. The summed E-state index contributed by atoms with van der Waals surface area (Å²) in [6, 6.07) is 4.41. The van der Waals surface area contributed by atoms with Crippen molar-refractivity contribution in [2.45, 2.75) is 32.9 Å². The van der Waals surface area contributed by atoms with E-state index in [4.69, 9.17) is 4.74 Å². The van der Waals surface area contributed by atoms with Crippen LogP contribution in [0.3, 0.4) is 0 Å². The van der Waals surface area contributed by atoms with Crippen molar-refractivity contribution in [3.05, 3.63) is 29.6 Å². The van der Waals surface area contributed by atoms with Crippen LogP contribution in [0.4, 0.5) is 4.39 Å². The molecule has 0 aliphatic rings. The van der Waals surface area contributed by atoms with E-state index in [0.29, 0.717) is 12.3 Å². The molecule has 0 spiro atoms. The topological polar surface area (TPSA) is 47.6 Å². The normalized spacial score (nSPS) is 12.0. The van der Waals surface area contributed by atoms with Gasteiger partial charge in [-0.15, -0.1) is 0 Å². The highest BCUT2D eigenvalue weighted by Gasteiger charge is 2.15. The van der Waals surface area contributed by atoms with Gasteiger partial charge in [0.1, 0.15) is 11.6 Å². The zero-order chi connectivity index (χ0) is 14.3. The van der Waals surface area contributed by atoms with Gasteiger partial charge in [0.25, 0.3) is 0 Å². The predicted molar refractivity (Wildman–Crippen MR) is 70.5 cm³/mol. The van der Waals surface area contributed by atoms with Crippen molar-refractivity contribution in [1.82, 2.24) is 5.32 Å². The number of methoxy groups -OCH3 is 1. The second-order valence-corrected chi connectivity index (χ2v) is 4.26. The Morgan fingerprint density at radius 3 is 2.79 bits per heavy atom. The van der Waals surface area contributed by atoms with Crippen molar-refractivity contribution in [2.24, 2.45) is 0 Å². The molecular weight excluding hydrogens is 249 g/mol. The van der Waals surface area contributed by atoms with E-state index < -0.39 is 12.1 Å². The van der Waals surface area contributed by atoms with E-state index in [1.807, 2.05) is 0 Å². The van der Waals surface area contributed by atoms with Gasteiger partial charge >= 0.3 is 5.97 Å². The molecular formula is C14H20FNO3. The van der Waals surface area contributed by atoms with Gasteiger partial charge < -0.3 is 14.8 Å². The minimum absolute atomic E-state index is 0.325. The molecule has 1 rings (SSSR count). The van der Waals surface area contributed by atoms with Crippen LogP contribution in [0.2, 0.25) is 0 Å². The van der Waals surface area contributed by atoms with Gasteiger partial charge in [0.05, 0.1) is 7.11 Å². The summed E-state index contributed by atoms with van der Waals surface area (Å²) in [5.41, 5.74) is 0.778. The first-order valence-corrected chi connectivity index (χ1v) is 6.31. The molecule has 1 aromatic carbocycles. The van der Waals surface area contributed by atoms with Crippen LogP contribution in [0.5, 0.6) is 5.75 Å². The van der Waals surface area contributed by atoms with Gasteiger partial charge in [0.2, 0.25) is 0 Å². The minimum Gasteiger partial charge on any atom is -0.479 e. The molecule has 0 fully saturated rings. The van der Waals surface area contributed by atoms with Gasteiger partial charge in [-0.1, -0.05) is 6.92 Å². The molecule has 0 amide bonds. The Morgan fingerprint density at radius 1 is 1.42 bits per heavy atom. The average Bonchev–Trinajstić information content (AvgIpc) is 2.37. The van der Waals surface area contributed by atoms with Crippen molar-refractivity contribution < 1.29 is 18.7 Å². The molecule has 4 nitrogen and oxygen atoms in total. The summed E-state index contributed by atoms with van der Waals surface area (Å²) in [6.45, 7) is 5.05. The zero-order valence-corrected chi connectivity index (χ0v) is 11.5. The third-order valence-corrected chi connectivity index (χ3v) is 2.53. The van der Waals surface area contributed by atoms with Crippen LogP contribution in [0, 0.1) is 5.82 Å². The molecule has 0 saturated heterocycles. The first-order valence-electron chi connectivity index (χ1n) is 6.31. The first kappa shape index (κ1) is 15.4. The Labute approximate surface area is 112 Å². The van der Waals surface area contributed by atoms with Gasteiger partial charge in [-0.2, -0.15) is 0 Å². The Kier molecular flexibility index (Phi) is 6.29. The van der Waals surface area contributed by atoms with E-state index in [-0.39, 0.29) is 5.82 Å². The Hall–Kier alpha value is -1.62. The second-order valence-electron chi connectivity index (χ2n) is 4.26. The summed E-state index contributed by atoms with van der Waals surface area (Å²) >= 11 is 0. The first-order chi connectivity index (χ1) is 9.06. The van der Waals surface area contributed by atoms with Crippen LogP contribution < -0.4 is 10.1 Å². The number of hydrogen-bond acceptors (Lipinski definition) is 4. The Balaban J connectivity index is 2.70. The van der Waals surface area contributed by atoms with Gasteiger partial charge in [0.15, 0.2) is 6.10 Å².